The summed E-state index contributed by atoms with van der Waals surface area (Å²) in [6, 6.07) is 11.4. The Morgan fingerprint density at radius 3 is 2.44 bits per heavy atom. The molecule has 3 rings (SSSR count). The van der Waals surface area contributed by atoms with Crippen LogP contribution in [-0.4, -0.2) is 22.2 Å². The number of rotatable bonds is 4. The zero-order chi connectivity index (χ0) is 19.6. The molecule has 0 unspecified atom stereocenters. The van der Waals surface area contributed by atoms with E-state index in [1.807, 2.05) is 0 Å². The summed E-state index contributed by atoms with van der Waals surface area (Å²) < 4.78 is 43.5. The van der Waals surface area contributed by atoms with Gasteiger partial charge in [0.15, 0.2) is 0 Å². The minimum absolute atomic E-state index is 0.0360. The van der Waals surface area contributed by atoms with E-state index in [0.717, 1.165) is 23.8 Å². The lowest BCUT2D eigenvalue weighted by Gasteiger charge is -2.06. The quantitative estimate of drug-likeness (QED) is 0.617. The van der Waals surface area contributed by atoms with Crippen LogP contribution in [0.4, 0.5) is 23.8 Å². The molecule has 1 amide bonds. The molecule has 3 aromatic rings. The summed E-state index contributed by atoms with van der Waals surface area (Å²) in [6.45, 7) is -0.0481. The predicted octanol–water partition coefficient (Wildman–Crippen LogP) is 4.63. The van der Waals surface area contributed by atoms with Crippen LogP contribution >= 0.6 is 0 Å². The number of carbonyl (C=O) groups is 2. The van der Waals surface area contributed by atoms with Gasteiger partial charge < -0.3 is 14.8 Å². The normalized spacial score (nSPS) is 11.4. The Balaban J connectivity index is 1.85. The number of H-pyrrole nitrogens is 1. The van der Waals surface area contributed by atoms with Gasteiger partial charge in [-0.15, -0.1) is 0 Å². The Labute approximate surface area is 150 Å². The van der Waals surface area contributed by atoms with Gasteiger partial charge in [0.05, 0.1) is 5.56 Å². The predicted molar refractivity (Wildman–Crippen MR) is 90.5 cm³/mol. The summed E-state index contributed by atoms with van der Waals surface area (Å²) in [4.78, 5) is 25.9. The second kappa shape index (κ2) is 7.02. The lowest BCUT2D eigenvalue weighted by atomic mass is 10.1. The fourth-order valence-corrected chi connectivity index (χ4v) is 2.55. The van der Waals surface area contributed by atoms with Gasteiger partial charge in [-0.3, -0.25) is 5.32 Å². The number of halogens is 3. The van der Waals surface area contributed by atoms with Crippen molar-refractivity contribution in [2.75, 3.05) is 5.32 Å². The molecule has 1 aromatic heterocycles. The van der Waals surface area contributed by atoms with E-state index < -0.39 is 23.8 Å². The van der Waals surface area contributed by atoms with Crippen LogP contribution < -0.4 is 5.32 Å². The maximum atomic E-state index is 12.8. The van der Waals surface area contributed by atoms with E-state index in [1.54, 1.807) is 30.3 Å². The van der Waals surface area contributed by atoms with Crippen LogP contribution in [0.15, 0.2) is 48.5 Å². The SMILES string of the molecule is O=C(Nc1[nH]c2cc(C(F)(F)F)ccc2c1C(=O)O)OCc1ccccc1. The van der Waals surface area contributed by atoms with E-state index in [9.17, 15) is 27.9 Å². The number of carboxylic acid groups (broad SMARTS) is 1. The Morgan fingerprint density at radius 2 is 1.81 bits per heavy atom. The van der Waals surface area contributed by atoms with Crippen LogP contribution in [0.1, 0.15) is 21.5 Å². The average Bonchev–Trinajstić information content (AvgIpc) is 2.97. The maximum absolute atomic E-state index is 12.8. The molecule has 9 heteroatoms. The van der Waals surface area contributed by atoms with Crippen molar-refractivity contribution >= 4 is 28.8 Å². The van der Waals surface area contributed by atoms with Crippen molar-refractivity contribution in [2.24, 2.45) is 0 Å². The first-order valence-corrected chi connectivity index (χ1v) is 7.69. The molecular formula is C18H13F3N2O4. The molecule has 0 radical (unpaired) electrons. The first kappa shape index (κ1) is 18.3. The van der Waals surface area contributed by atoms with Crippen molar-refractivity contribution in [3.63, 3.8) is 0 Å². The number of aromatic amines is 1. The van der Waals surface area contributed by atoms with Crippen molar-refractivity contribution in [3.8, 4) is 0 Å². The fraction of sp³-hybridized carbons (Fsp3) is 0.111. The number of hydrogen-bond acceptors (Lipinski definition) is 3. The van der Waals surface area contributed by atoms with Crippen molar-refractivity contribution < 1.29 is 32.6 Å². The van der Waals surface area contributed by atoms with E-state index >= 15 is 0 Å². The van der Waals surface area contributed by atoms with Crippen LogP contribution in [-0.2, 0) is 17.5 Å². The molecule has 0 aliphatic carbocycles. The Bertz CT molecular complexity index is 997. The number of nitrogens with one attached hydrogen (secondary N) is 2. The minimum atomic E-state index is -4.58. The third kappa shape index (κ3) is 4.02. The highest BCUT2D eigenvalue weighted by Gasteiger charge is 2.31. The number of amides is 1. The smallest absolute Gasteiger partial charge is 0.416 e. The molecule has 0 fully saturated rings. The minimum Gasteiger partial charge on any atom is -0.478 e. The molecule has 0 atom stereocenters. The van der Waals surface area contributed by atoms with E-state index in [0.29, 0.717) is 0 Å². The second-order valence-corrected chi connectivity index (χ2v) is 5.63. The van der Waals surface area contributed by atoms with E-state index in [-0.39, 0.29) is 28.9 Å². The van der Waals surface area contributed by atoms with Gasteiger partial charge in [0.2, 0.25) is 0 Å². The van der Waals surface area contributed by atoms with Crippen molar-refractivity contribution in [1.82, 2.24) is 4.98 Å². The van der Waals surface area contributed by atoms with Crippen LogP contribution in [0.5, 0.6) is 0 Å². The van der Waals surface area contributed by atoms with Crippen molar-refractivity contribution in [3.05, 3.63) is 65.2 Å². The van der Waals surface area contributed by atoms with Gasteiger partial charge in [-0.25, -0.2) is 9.59 Å². The van der Waals surface area contributed by atoms with Crippen LogP contribution in [0.3, 0.4) is 0 Å². The van der Waals surface area contributed by atoms with E-state index in [2.05, 4.69) is 10.3 Å². The largest absolute Gasteiger partial charge is 0.478 e. The number of carbonyl (C=O) groups excluding carboxylic acids is 1. The number of hydrogen-bond donors (Lipinski definition) is 3. The topological polar surface area (TPSA) is 91.4 Å². The third-order valence-corrected chi connectivity index (χ3v) is 3.78. The van der Waals surface area contributed by atoms with E-state index in [1.165, 1.54) is 0 Å². The molecule has 0 spiro atoms. The molecule has 6 nitrogen and oxygen atoms in total. The molecule has 3 N–H and O–H groups in total. The molecule has 140 valence electrons. The van der Waals surface area contributed by atoms with Crippen LogP contribution in [0.25, 0.3) is 10.9 Å². The van der Waals surface area contributed by atoms with Gasteiger partial charge >= 0.3 is 18.2 Å². The standard InChI is InChI=1S/C18H13F3N2O4/c19-18(20,21)11-6-7-12-13(8-11)22-15(14(12)16(24)25)23-17(26)27-9-10-4-2-1-3-5-10/h1-8,22H,9H2,(H,23,26)(H,24,25). The number of aromatic carboxylic acids is 1. The Hall–Kier alpha value is -3.49. The van der Waals surface area contributed by atoms with Crippen LogP contribution in [0, 0.1) is 0 Å². The van der Waals surface area contributed by atoms with Gasteiger partial charge in [-0.05, 0) is 17.7 Å². The summed E-state index contributed by atoms with van der Waals surface area (Å²) >= 11 is 0. The molecule has 0 aliphatic rings. The van der Waals surface area contributed by atoms with Crippen molar-refractivity contribution in [1.29, 1.82) is 0 Å². The zero-order valence-electron chi connectivity index (χ0n) is 13.6. The monoisotopic (exact) mass is 378 g/mol. The Kier molecular flexibility index (Phi) is 4.76. The van der Waals surface area contributed by atoms with Gasteiger partial charge in [0, 0.05) is 10.9 Å². The summed E-state index contributed by atoms with van der Waals surface area (Å²) in [6.07, 6.45) is -5.52. The lowest BCUT2D eigenvalue weighted by molar-refractivity contribution is -0.137. The second-order valence-electron chi connectivity index (χ2n) is 5.63. The highest BCUT2D eigenvalue weighted by Crippen LogP contribution is 2.34. The number of carboxylic acids is 1. The summed E-state index contributed by atoms with van der Waals surface area (Å²) in [5, 5.41) is 11.6. The highest BCUT2D eigenvalue weighted by molar-refractivity contribution is 6.10. The van der Waals surface area contributed by atoms with Gasteiger partial charge in [-0.1, -0.05) is 36.4 Å². The number of aromatic nitrogens is 1. The van der Waals surface area contributed by atoms with E-state index in [4.69, 9.17) is 4.74 Å². The fourth-order valence-electron chi connectivity index (χ4n) is 2.55. The maximum Gasteiger partial charge on any atom is 0.416 e. The highest BCUT2D eigenvalue weighted by atomic mass is 19.4. The number of alkyl halides is 3. The van der Waals surface area contributed by atoms with Gasteiger partial charge in [0.1, 0.15) is 18.0 Å². The molecule has 2 aromatic carbocycles. The number of anilines is 1. The molecule has 27 heavy (non-hydrogen) atoms. The molecular weight excluding hydrogens is 365 g/mol. The first-order valence-electron chi connectivity index (χ1n) is 7.69. The Morgan fingerprint density at radius 1 is 1.11 bits per heavy atom. The number of benzene rings is 2. The van der Waals surface area contributed by atoms with Gasteiger partial charge in [-0.2, -0.15) is 13.2 Å². The molecule has 0 bridgehead atoms. The lowest BCUT2D eigenvalue weighted by Crippen LogP contribution is -2.15. The summed E-state index contributed by atoms with van der Waals surface area (Å²) in [5.41, 5.74) is -0.639. The third-order valence-electron chi connectivity index (χ3n) is 3.78. The zero-order valence-corrected chi connectivity index (χ0v) is 13.6. The molecule has 0 saturated heterocycles. The summed E-state index contributed by atoms with van der Waals surface area (Å²) in [5.74, 6) is -1.66. The number of fused-ring (bicyclic) bond motifs is 1. The van der Waals surface area contributed by atoms with Crippen molar-refractivity contribution in [2.45, 2.75) is 12.8 Å². The first-order chi connectivity index (χ1) is 12.8. The molecule has 0 aliphatic heterocycles. The van der Waals surface area contributed by atoms with Gasteiger partial charge in [0.25, 0.3) is 0 Å². The molecule has 1 heterocycles. The molecule has 0 saturated carbocycles. The van der Waals surface area contributed by atoms with Crippen LogP contribution in [0.2, 0.25) is 0 Å². The average molecular weight is 378 g/mol. The number of ether oxygens (including phenoxy) is 1. The summed E-state index contributed by atoms with van der Waals surface area (Å²) in [7, 11) is 0.